The molecule has 0 spiro atoms. The molecule has 2 amide bonds. The van der Waals surface area contributed by atoms with E-state index in [9.17, 15) is 9.59 Å². The molecule has 1 aromatic heterocycles. The highest BCUT2D eigenvalue weighted by atomic mass is 16.5. The topological polar surface area (TPSA) is 83.2 Å². The summed E-state index contributed by atoms with van der Waals surface area (Å²) in [5.74, 6) is 0.582. The van der Waals surface area contributed by atoms with Crippen LogP contribution in [-0.2, 0) is 15.0 Å². The first kappa shape index (κ1) is 17.1. The summed E-state index contributed by atoms with van der Waals surface area (Å²) in [5.41, 5.74) is 2.76. The Kier molecular flexibility index (Phi) is 4.11. The van der Waals surface area contributed by atoms with Crippen LogP contribution in [0.5, 0.6) is 5.75 Å². The van der Waals surface area contributed by atoms with Crippen molar-refractivity contribution in [3.63, 3.8) is 0 Å². The van der Waals surface area contributed by atoms with E-state index in [1.807, 2.05) is 30.5 Å². The van der Waals surface area contributed by atoms with E-state index in [1.54, 1.807) is 25.3 Å². The normalized spacial score (nSPS) is 14.6. The summed E-state index contributed by atoms with van der Waals surface area (Å²) in [5, 5.41) is 6.74. The number of benzene rings is 2. The molecule has 1 heterocycles. The van der Waals surface area contributed by atoms with Gasteiger partial charge in [0.2, 0.25) is 11.8 Å². The average Bonchev–Trinajstić information content (AvgIpc) is 3.34. The van der Waals surface area contributed by atoms with Gasteiger partial charge in [-0.1, -0.05) is 6.07 Å². The number of hydrogen-bond donors (Lipinski definition) is 3. The summed E-state index contributed by atoms with van der Waals surface area (Å²) >= 11 is 0. The van der Waals surface area contributed by atoms with Gasteiger partial charge >= 0.3 is 0 Å². The Balaban J connectivity index is 1.62. The van der Waals surface area contributed by atoms with Crippen molar-refractivity contribution in [3.8, 4) is 5.75 Å². The lowest BCUT2D eigenvalue weighted by atomic mass is 9.94. The molecule has 0 saturated heterocycles. The molecular weight excluding hydrogens is 342 g/mol. The Bertz CT molecular complexity index is 1030. The number of H-pyrrole nitrogens is 1. The second-order valence-corrected chi connectivity index (χ2v) is 6.91. The van der Waals surface area contributed by atoms with Crippen LogP contribution in [0.25, 0.3) is 10.9 Å². The zero-order chi connectivity index (χ0) is 19.0. The summed E-state index contributed by atoms with van der Waals surface area (Å²) < 4.78 is 5.33. The van der Waals surface area contributed by atoms with Gasteiger partial charge in [-0.05, 0) is 54.8 Å². The zero-order valence-corrected chi connectivity index (χ0v) is 15.3. The molecule has 27 heavy (non-hydrogen) atoms. The van der Waals surface area contributed by atoms with E-state index >= 15 is 0 Å². The van der Waals surface area contributed by atoms with Gasteiger partial charge in [0.15, 0.2) is 0 Å². The van der Waals surface area contributed by atoms with Gasteiger partial charge in [-0.2, -0.15) is 0 Å². The largest absolute Gasteiger partial charge is 0.497 e. The van der Waals surface area contributed by atoms with Crippen LogP contribution in [0.3, 0.4) is 0 Å². The smallest absolute Gasteiger partial charge is 0.235 e. The zero-order valence-electron chi connectivity index (χ0n) is 15.3. The second-order valence-electron chi connectivity index (χ2n) is 6.91. The molecule has 3 N–H and O–H groups in total. The van der Waals surface area contributed by atoms with Gasteiger partial charge in [0.25, 0.3) is 0 Å². The molecule has 0 bridgehead atoms. The van der Waals surface area contributed by atoms with Gasteiger partial charge in [0.1, 0.15) is 5.75 Å². The third kappa shape index (κ3) is 3.14. The van der Waals surface area contributed by atoms with Crippen molar-refractivity contribution in [3.05, 3.63) is 54.2 Å². The van der Waals surface area contributed by atoms with E-state index in [2.05, 4.69) is 15.6 Å². The quantitative estimate of drug-likeness (QED) is 0.645. The van der Waals surface area contributed by atoms with Crippen LogP contribution in [0.4, 0.5) is 11.4 Å². The second kappa shape index (κ2) is 6.46. The first-order valence-corrected chi connectivity index (χ1v) is 8.86. The Morgan fingerprint density at radius 1 is 1.07 bits per heavy atom. The number of hydrogen-bond acceptors (Lipinski definition) is 3. The van der Waals surface area contributed by atoms with E-state index in [1.165, 1.54) is 6.92 Å². The molecule has 6 nitrogen and oxygen atoms in total. The van der Waals surface area contributed by atoms with Crippen LogP contribution >= 0.6 is 0 Å². The van der Waals surface area contributed by atoms with Crippen LogP contribution in [0.15, 0.2) is 48.7 Å². The minimum atomic E-state index is -0.533. The number of amides is 2. The van der Waals surface area contributed by atoms with Crippen molar-refractivity contribution in [2.24, 2.45) is 0 Å². The number of fused-ring (bicyclic) bond motifs is 1. The number of aromatic amines is 1. The van der Waals surface area contributed by atoms with Gasteiger partial charge in [-0.25, -0.2) is 0 Å². The fourth-order valence-corrected chi connectivity index (χ4v) is 3.50. The predicted octanol–water partition coefficient (Wildman–Crippen LogP) is 3.81. The highest BCUT2D eigenvalue weighted by molar-refractivity contribution is 6.05. The van der Waals surface area contributed by atoms with Gasteiger partial charge in [0.05, 0.1) is 12.5 Å². The Morgan fingerprint density at radius 3 is 2.48 bits per heavy atom. The van der Waals surface area contributed by atoms with E-state index in [0.29, 0.717) is 11.4 Å². The molecule has 3 aromatic rings. The molecule has 1 saturated carbocycles. The molecule has 0 atom stereocenters. The van der Waals surface area contributed by atoms with Crippen LogP contribution in [0.1, 0.15) is 25.3 Å². The first-order chi connectivity index (χ1) is 13.0. The Labute approximate surface area is 156 Å². The van der Waals surface area contributed by atoms with Crippen LogP contribution in [0, 0.1) is 0 Å². The van der Waals surface area contributed by atoms with Gasteiger partial charge in [-0.3, -0.25) is 9.59 Å². The molecule has 1 fully saturated rings. The number of carbonyl (C=O) groups excluding carboxylic acids is 2. The lowest BCUT2D eigenvalue weighted by Gasteiger charge is -2.16. The minimum absolute atomic E-state index is 0.0359. The van der Waals surface area contributed by atoms with E-state index in [4.69, 9.17) is 4.74 Å². The number of nitrogens with one attached hydrogen (secondary N) is 3. The number of ether oxygens (including phenoxy) is 1. The average molecular weight is 363 g/mol. The maximum atomic E-state index is 13.1. The fourth-order valence-electron chi connectivity index (χ4n) is 3.50. The summed E-state index contributed by atoms with van der Waals surface area (Å²) in [7, 11) is 1.63. The van der Waals surface area contributed by atoms with E-state index < -0.39 is 5.41 Å². The molecular formula is C21H21N3O3. The van der Waals surface area contributed by atoms with Crippen molar-refractivity contribution in [2.45, 2.75) is 25.2 Å². The van der Waals surface area contributed by atoms with Crippen LogP contribution in [0.2, 0.25) is 0 Å². The number of rotatable bonds is 5. The highest BCUT2D eigenvalue weighted by Crippen LogP contribution is 2.51. The van der Waals surface area contributed by atoms with E-state index in [-0.39, 0.29) is 11.8 Å². The summed E-state index contributed by atoms with van der Waals surface area (Å²) in [6, 6.07) is 13.0. The highest BCUT2D eigenvalue weighted by Gasteiger charge is 2.52. The SMILES string of the molecule is COc1ccc2[nH]cc(C3(C(=O)Nc4cccc(NC(C)=O)c4)CC3)c2c1. The standard InChI is InChI=1S/C21H21N3O3/c1-13(25)23-14-4-3-5-15(10-14)24-20(26)21(8-9-21)18-12-22-19-7-6-16(27-2)11-17(18)19/h3-7,10-12,22H,8-9H2,1-2H3,(H,23,25)(H,24,26). The predicted molar refractivity (Wildman–Crippen MR) is 105 cm³/mol. The summed E-state index contributed by atoms with van der Waals surface area (Å²) in [6.45, 7) is 1.45. The number of anilines is 2. The third-order valence-electron chi connectivity index (χ3n) is 5.03. The van der Waals surface area contributed by atoms with Crippen molar-refractivity contribution in [1.29, 1.82) is 0 Å². The van der Waals surface area contributed by atoms with E-state index in [0.717, 1.165) is 35.1 Å². The Morgan fingerprint density at radius 2 is 1.81 bits per heavy atom. The summed E-state index contributed by atoms with van der Waals surface area (Å²) in [6.07, 6.45) is 3.52. The monoisotopic (exact) mass is 363 g/mol. The Hall–Kier alpha value is -3.28. The number of aromatic nitrogens is 1. The van der Waals surface area contributed by atoms with Crippen molar-refractivity contribution in [2.75, 3.05) is 17.7 Å². The molecule has 6 heteroatoms. The molecule has 2 aromatic carbocycles. The maximum Gasteiger partial charge on any atom is 0.235 e. The maximum absolute atomic E-state index is 13.1. The van der Waals surface area contributed by atoms with Gasteiger partial charge < -0.3 is 20.4 Å². The number of carbonyl (C=O) groups is 2. The lowest BCUT2D eigenvalue weighted by molar-refractivity contribution is -0.118. The van der Waals surface area contributed by atoms with Crippen LogP contribution in [-0.4, -0.2) is 23.9 Å². The van der Waals surface area contributed by atoms with Gasteiger partial charge in [-0.15, -0.1) is 0 Å². The number of methoxy groups -OCH3 is 1. The molecule has 1 aliphatic rings. The molecule has 1 aliphatic carbocycles. The molecule has 0 radical (unpaired) electrons. The molecule has 4 rings (SSSR count). The molecule has 0 unspecified atom stereocenters. The minimum Gasteiger partial charge on any atom is -0.497 e. The van der Waals surface area contributed by atoms with Crippen LogP contribution < -0.4 is 15.4 Å². The lowest BCUT2D eigenvalue weighted by Crippen LogP contribution is -2.27. The summed E-state index contributed by atoms with van der Waals surface area (Å²) in [4.78, 5) is 27.6. The third-order valence-corrected chi connectivity index (χ3v) is 5.03. The van der Waals surface area contributed by atoms with Gasteiger partial charge in [0, 0.05) is 35.4 Å². The molecule has 0 aliphatic heterocycles. The molecule has 138 valence electrons. The van der Waals surface area contributed by atoms with Crippen molar-refractivity contribution >= 4 is 34.1 Å². The van der Waals surface area contributed by atoms with Crippen molar-refractivity contribution in [1.82, 2.24) is 4.98 Å². The fraction of sp³-hybridized carbons (Fsp3) is 0.238. The first-order valence-electron chi connectivity index (χ1n) is 8.86. The van der Waals surface area contributed by atoms with Crippen molar-refractivity contribution < 1.29 is 14.3 Å².